The number of fused-ring (bicyclic) bond motifs is 2. The van der Waals surface area contributed by atoms with Gasteiger partial charge < -0.3 is 15.4 Å². The van der Waals surface area contributed by atoms with Crippen LogP contribution < -0.4 is 10.6 Å². The smallest absolute Gasteiger partial charge is 0.234 e. The molecule has 2 saturated heterocycles. The number of carbonyl (C=O) groups is 2. The predicted octanol–water partition coefficient (Wildman–Crippen LogP) is 0.474. The summed E-state index contributed by atoms with van der Waals surface area (Å²) < 4.78 is 6.02. The summed E-state index contributed by atoms with van der Waals surface area (Å²) in [6.45, 7) is 9.81. The molecular formula is C22H31N5O3. The molecule has 2 atom stereocenters. The zero-order valence-corrected chi connectivity index (χ0v) is 18.0. The number of ether oxygens (including phenoxy) is 1. The molecular weight excluding hydrogens is 382 g/mol. The first kappa shape index (κ1) is 22.2. The lowest BCUT2D eigenvalue weighted by Crippen LogP contribution is -2.61. The maximum atomic E-state index is 12.4. The molecule has 2 aliphatic heterocycles. The highest BCUT2D eigenvalue weighted by Crippen LogP contribution is 2.19. The van der Waals surface area contributed by atoms with Crippen LogP contribution in [0.15, 0.2) is 24.3 Å². The van der Waals surface area contributed by atoms with Crippen LogP contribution in [0.3, 0.4) is 0 Å². The summed E-state index contributed by atoms with van der Waals surface area (Å²) in [5, 5.41) is 14.8. The molecule has 2 fully saturated rings. The first-order valence-corrected chi connectivity index (χ1v) is 10.4. The van der Waals surface area contributed by atoms with Crippen LogP contribution >= 0.6 is 0 Å². The van der Waals surface area contributed by atoms with E-state index in [1.807, 2.05) is 32.9 Å². The van der Waals surface area contributed by atoms with E-state index < -0.39 is 0 Å². The van der Waals surface area contributed by atoms with Crippen molar-refractivity contribution in [1.29, 1.82) is 5.26 Å². The minimum absolute atomic E-state index is 0.00580. The molecule has 1 aromatic rings. The van der Waals surface area contributed by atoms with E-state index in [0.717, 1.165) is 5.56 Å². The lowest BCUT2D eigenvalue weighted by Gasteiger charge is -2.45. The standard InChI is InChI=1S/C22H31N5O3/c1-22(2,3)25-21(29)15-27-12-18-10-26(11-19(13-27)30-18)14-20(28)24-9-17-6-4-16(8-23)5-7-17/h4-7,18-19H,9-15H2,1-3H3,(H,24,28)(H,25,29). The number of nitriles is 1. The number of nitrogens with one attached hydrogen (secondary N) is 2. The summed E-state index contributed by atoms with van der Waals surface area (Å²) in [5.41, 5.74) is 1.33. The van der Waals surface area contributed by atoms with Gasteiger partial charge in [-0.05, 0) is 38.5 Å². The van der Waals surface area contributed by atoms with Crippen molar-refractivity contribution in [2.45, 2.75) is 45.1 Å². The molecule has 0 spiro atoms. The molecule has 2 unspecified atom stereocenters. The summed E-state index contributed by atoms with van der Waals surface area (Å²) in [4.78, 5) is 28.8. The molecule has 30 heavy (non-hydrogen) atoms. The second-order valence-electron chi connectivity index (χ2n) is 9.15. The molecule has 2 N–H and O–H groups in total. The normalized spacial score (nSPS) is 22.2. The molecule has 3 rings (SSSR count). The SMILES string of the molecule is CC(C)(C)NC(=O)CN1CC2CN(CC(=O)NCc3ccc(C#N)cc3)CC(C1)O2. The molecule has 0 saturated carbocycles. The lowest BCUT2D eigenvalue weighted by molar-refractivity contribution is -0.148. The Bertz CT molecular complexity index is 782. The highest BCUT2D eigenvalue weighted by atomic mass is 16.5. The van der Waals surface area contributed by atoms with Crippen molar-refractivity contribution in [2.24, 2.45) is 0 Å². The molecule has 162 valence electrons. The van der Waals surface area contributed by atoms with Crippen LogP contribution in [0, 0.1) is 11.3 Å². The molecule has 8 nitrogen and oxygen atoms in total. The summed E-state index contributed by atoms with van der Waals surface area (Å²) >= 11 is 0. The van der Waals surface area contributed by atoms with E-state index >= 15 is 0 Å². The van der Waals surface area contributed by atoms with Gasteiger partial charge in [0.25, 0.3) is 0 Å². The zero-order chi connectivity index (χ0) is 21.7. The van der Waals surface area contributed by atoms with Crippen molar-refractivity contribution >= 4 is 11.8 Å². The van der Waals surface area contributed by atoms with Gasteiger partial charge in [0, 0.05) is 38.3 Å². The van der Waals surface area contributed by atoms with Gasteiger partial charge >= 0.3 is 0 Å². The second-order valence-corrected chi connectivity index (χ2v) is 9.15. The monoisotopic (exact) mass is 413 g/mol. The van der Waals surface area contributed by atoms with Gasteiger partial charge in [0.15, 0.2) is 0 Å². The maximum absolute atomic E-state index is 12.4. The average Bonchev–Trinajstić information content (AvgIpc) is 2.64. The van der Waals surface area contributed by atoms with E-state index in [1.54, 1.807) is 12.1 Å². The highest BCUT2D eigenvalue weighted by molar-refractivity contribution is 5.79. The van der Waals surface area contributed by atoms with E-state index in [4.69, 9.17) is 10.00 Å². The fourth-order valence-corrected chi connectivity index (χ4v) is 3.94. The van der Waals surface area contributed by atoms with Crippen LogP contribution in [0.4, 0.5) is 0 Å². The van der Waals surface area contributed by atoms with E-state index in [9.17, 15) is 9.59 Å². The average molecular weight is 414 g/mol. The minimum atomic E-state index is -0.235. The van der Waals surface area contributed by atoms with Gasteiger partial charge in [-0.2, -0.15) is 5.26 Å². The summed E-state index contributed by atoms with van der Waals surface area (Å²) in [5.74, 6) is 0.00209. The quantitative estimate of drug-likeness (QED) is 0.704. The summed E-state index contributed by atoms with van der Waals surface area (Å²) in [7, 11) is 0. The van der Waals surface area contributed by atoms with Gasteiger partial charge in [-0.3, -0.25) is 19.4 Å². The molecule has 8 heteroatoms. The third-order valence-corrected chi connectivity index (χ3v) is 5.05. The zero-order valence-electron chi connectivity index (χ0n) is 18.0. The van der Waals surface area contributed by atoms with E-state index in [1.165, 1.54) is 0 Å². The van der Waals surface area contributed by atoms with E-state index in [0.29, 0.717) is 51.4 Å². The molecule has 2 bridgehead atoms. The topological polar surface area (TPSA) is 97.7 Å². The molecule has 0 aliphatic carbocycles. The van der Waals surface area contributed by atoms with Gasteiger partial charge in [0.1, 0.15) is 0 Å². The molecule has 0 aromatic heterocycles. The Balaban J connectivity index is 1.42. The number of hydrogen-bond donors (Lipinski definition) is 2. The number of benzene rings is 1. The number of rotatable bonds is 6. The Hall–Kier alpha value is -2.47. The fourth-order valence-electron chi connectivity index (χ4n) is 3.94. The molecule has 2 aliphatic rings. The van der Waals surface area contributed by atoms with Crippen LogP contribution in [0.1, 0.15) is 31.9 Å². The van der Waals surface area contributed by atoms with Crippen LogP contribution in [-0.2, 0) is 20.9 Å². The maximum Gasteiger partial charge on any atom is 0.234 e. The van der Waals surface area contributed by atoms with Crippen LogP contribution in [0.5, 0.6) is 0 Å². The summed E-state index contributed by atoms with van der Waals surface area (Å²) in [6, 6.07) is 9.28. The predicted molar refractivity (Wildman–Crippen MR) is 112 cm³/mol. The van der Waals surface area contributed by atoms with E-state index in [2.05, 4.69) is 26.5 Å². The Labute approximate surface area is 178 Å². The number of amides is 2. The Morgan fingerprint density at radius 1 is 1.03 bits per heavy atom. The Kier molecular flexibility index (Phi) is 7.08. The fraction of sp³-hybridized carbons (Fsp3) is 0.591. The Morgan fingerprint density at radius 3 is 2.07 bits per heavy atom. The van der Waals surface area contributed by atoms with Gasteiger partial charge in [0.05, 0.1) is 36.9 Å². The van der Waals surface area contributed by atoms with Crippen molar-refractivity contribution in [1.82, 2.24) is 20.4 Å². The molecule has 0 radical (unpaired) electrons. The lowest BCUT2D eigenvalue weighted by atomic mass is 10.1. The van der Waals surface area contributed by atoms with E-state index in [-0.39, 0.29) is 29.6 Å². The molecule has 2 heterocycles. The van der Waals surface area contributed by atoms with Gasteiger partial charge in [-0.1, -0.05) is 12.1 Å². The van der Waals surface area contributed by atoms with Crippen molar-refractivity contribution in [3.05, 3.63) is 35.4 Å². The molecule has 1 aromatic carbocycles. The van der Waals surface area contributed by atoms with Crippen LogP contribution in [-0.4, -0.2) is 78.6 Å². The van der Waals surface area contributed by atoms with Gasteiger partial charge in [0.2, 0.25) is 11.8 Å². The van der Waals surface area contributed by atoms with Crippen molar-refractivity contribution in [3.8, 4) is 6.07 Å². The van der Waals surface area contributed by atoms with Crippen LogP contribution in [0.2, 0.25) is 0 Å². The second kappa shape index (κ2) is 9.56. The van der Waals surface area contributed by atoms with Gasteiger partial charge in [-0.25, -0.2) is 0 Å². The Morgan fingerprint density at radius 2 is 1.57 bits per heavy atom. The van der Waals surface area contributed by atoms with Crippen molar-refractivity contribution in [2.75, 3.05) is 39.3 Å². The molecule has 2 amide bonds. The van der Waals surface area contributed by atoms with Crippen molar-refractivity contribution in [3.63, 3.8) is 0 Å². The number of nitrogens with zero attached hydrogens (tertiary/aromatic N) is 3. The van der Waals surface area contributed by atoms with Crippen LogP contribution in [0.25, 0.3) is 0 Å². The number of hydrogen-bond acceptors (Lipinski definition) is 6. The number of carbonyl (C=O) groups excluding carboxylic acids is 2. The number of morpholine rings is 2. The van der Waals surface area contributed by atoms with Crippen molar-refractivity contribution < 1.29 is 14.3 Å². The van der Waals surface area contributed by atoms with Gasteiger partial charge in [-0.15, -0.1) is 0 Å². The largest absolute Gasteiger partial charge is 0.370 e. The third kappa shape index (κ3) is 6.80. The summed E-state index contributed by atoms with van der Waals surface area (Å²) in [6.07, 6.45) is 0.0116. The third-order valence-electron chi connectivity index (χ3n) is 5.05. The first-order valence-electron chi connectivity index (χ1n) is 10.4. The minimum Gasteiger partial charge on any atom is -0.370 e. The first-order chi connectivity index (χ1) is 14.2. The highest BCUT2D eigenvalue weighted by Gasteiger charge is 2.36.